The van der Waals surface area contributed by atoms with Crippen LogP contribution in [0.1, 0.15) is 101 Å². The van der Waals surface area contributed by atoms with Gasteiger partial charge in [0.25, 0.3) is 0 Å². The predicted octanol–water partition coefficient (Wildman–Crippen LogP) is 5.55. The van der Waals surface area contributed by atoms with E-state index in [4.69, 9.17) is 28.4 Å². The van der Waals surface area contributed by atoms with Crippen LogP contribution in [0, 0.1) is 47.3 Å². The largest absolute Gasteiger partial charge is 0.465 e. The number of carbonyl (C=O) groups is 5. The molecule has 0 aromatic carbocycles. The minimum atomic E-state index is -1.73. The third-order valence-corrected chi connectivity index (χ3v) is 7.70. The summed E-state index contributed by atoms with van der Waals surface area (Å²) in [7, 11) is 0. The molecule has 0 radical (unpaired) electrons. The van der Waals surface area contributed by atoms with Gasteiger partial charge in [0, 0.05) is 0 Å². The summed E-state index contributed by atoms with van der Waals surface area (Å²) in [6.07, 6.45) is -0.825. The standard InChI is InChI=1S/C35H60O11/c1-21(2)11-16-41-31(36)26-27(32(37)42-17-12-22(3)4)29(34(39)44-19-14-24(7)8)46-30(35(40)45-20-15-25(9)10)28(26)33(38)43-18-13-23(5)6/h21-30H,11-20H2,1-10H3. The maximum Gasteiger partial charge on any atom is 0.336 e. The van der Waals surface area contributed by atoms with Crippen molar-refractivity contribution in [3.8, 4) is 0 Å². The highest BCUT2D eigenvalue weighted by Gasteiger charge is 2.61. The van der Waals surface area contributed by atoms with Crippen molar-refractivity contribution in [3.05, 3.63) is 0 Å². The van der Waals surface area contributed by atoms with E-state index in [1.165, 1.54) is 0 Å². The maximum atomic E-state index is 13.9. The van der Waals surface area contributed by atoms with Gasteiger partial charge < -0.3 is 28.4 Å². The molecule has 46 heavy (non-hydrogen) atoms. The van der Waals surface area contributed by atoms with Gasteiger partial charge >= 0.3 is 29.8 Å². The van der Waals surface area contributed by atoms with Crippen LogP contribution in [-0.2, 0) is 52.4 Å². The molecular weight excluding hydrogens is 596 g/mol. The lowest BCUT2D eigenvalue weighted by molar-refractivity contribution is -0.218. The maximum absolute atomic E-state index is 13.9. The molecule has 0 aromatic rings. The van der Waals surface area contributed by atoms with E-state index in [0.29, 0.717) is 32.1 Å². The quantitative estimate of drug-likeness (QED) is 0.120. The van der Waals surface area contributed by atoms with Crippen LogP contribution in [0.15, 0.2) is 0 Å². The van der Waals surface area contributed by atoms with E-state index >= 15 is 0 Å². The van der Waals surface area contributed by atoms with Crippen molar-refractivity contribution >= 4 is 29.8 Å². The van der Waals surface area contributed by atoms with Gasteiger partial charge in [-0.3, -0.25) is 14.4 Å². The molecule has 0 aromatic heterocycles. The SMILES string of the molecule is CC(C)CCOC(=O)C1OC(C(=O)OCCC(C)C)C(C(=O)OCCC(C)C)C(C(=O)OCCC(C)C)C1C(=O)OCCC(C)C. The minimum absolute atomic E-state index is 0.00505. The summed E-state index contributed by atoms with van der Waals surface area (Å²) in [6.45, 7) is 19.7. The van der Waals surface area contributed by atoms with Crippen molar-refractivity contribution in [1.82, 2.24) is 0 Å². The molecule has 0 saturated carbocycles. The molecule has 11 heteroatoms. The number of carbonyl (C=O) groups excluding carboxylic acids is 5. The molecule has 0 aliphatic carbocycles. The molecule has 1 aliphatic rings. The summed E-state index contributed by atoms with van der Waals surface area (Å²) in [6, 6.07) is 0. The first-order valence-electron chi connectivity index (χ1n) is 17.0. The van der Waals surface area contributed by atoms with Crippen molar-refractivity contribution in [2.75, 3.05) is 33.0 Å². The number of hydrogen-bond donors (Lipinski definition) is 0. The molecule has 0 spiro atoms. The van der Waals surface area contributed by atoms with Crippen molar-refractivity contribution < 1.29 is 52.4 Å². The average molecular weight is 657 g/mol. The van der Waals surface area contributed by atoms with Crippen LogP contribution in [-0.4, -0.2) is 75.1 Å². The predicted molar refractivity (Wildman–Crippen MR) is 171 cm³/mol. The average Bonchev–Trinajstić information content (AvgIpc) is 2.94. The summed E-state index contributed by atoms with van der Waals surface area (Å²) in [5, 5.41) is 0. The fourth-order valence-electron chi connectivity index (χ4n) is 4.59. The van der Waals surface area contributed by atoms with Crippen LogP contribution in [0.2, 0.25) is 0 Å². The van der Waals surface area contributed by atoms with Crippen molar-refractivity contribution in [3.63, 3.8) is 0 Å². The Morgan fingerprint density at radius 1 is 0.391 bits per heavy atom. The zero-order valence-corrected chi connectivity index (χ0v) is 29.8. The Labute approximate surface area is 276 Å². The minimum Gasteiger partial charge on any atom is -0.465 e. The Morgan fingerprint density at radius 3 is 0.848 bits per heavy atom. The second-order valence-corrected chi connectivity index (χ2v) is 14.3. The highest BCUT2D eigenvalue weighted by atomic mass is 16.6. The molecule has 0 bridgehead atoms. The van der Waals surface area contributed by atoms with Crippen LogP contribution in [0.3, 0.4) is 0 Å². The Morgan fingerprint density at radius 2 is 0.609 bits per heavy atom. The Hall–Kier alpha value is -2.69. The zero-order valence-electron chi connectivity index (χ0n) is 29.8. The van der Waals surface area contributed by atoms with Crippen molar-refractivity contribution in [2.24, 2.45) is 47.3 Å². The third kappa shape index (κ3) is 14.8. The van der Waals surface area contributed by atoms with Gasteiger partial charge in [-0.1, -0.05) is 69.2 Å². The molecule has 1 fully saturated rings. The number of ether oxygens (including phenoxy) is 6. The number of rotatable bonds is 20. The van der Waals surface area contributed by atoms with Crippen molar-refractivity contribution in [1.29, 1.82) is 0 Å². The fourth-order valence-corrected chi connectivity index (χ4v) is 4.59. The first-order valence-corrected chi connectivity index (χ1v) is 17.0. The molecule has 4 atom stereocenters. The summed E-state index contributed by atoms with van der Waals surface area (Å²) in [5.74, 6) is -8.53. The van der Waals surface area contributed by atoms with E-state index in [2.05, 4.69) is 0 Å². The van der Waals surface area contributed by atoms with E-state index in [0.717, 1.165) is 0 Å². The lowest BCUT2D eigenvalue weighted by Crippen LogP contribution is -2.61. The normalized spacial score (nSPS) is 21.5. The molecule has 1 saturated heterocycles. The van der Waals surface area contributed by atoms with Gasteiger partial charge in [0.2, 0.25) is 0 Å². The number of hydrogen-bond acceptors (Lipinski definition) is 11. The lowest BCUT2D eigenvalue weighted by Gasteiger charge is -2.41. The summed E-state index contributed by atoms with van der Waals surface area (Å²) in [4.78, 5) is 68.6. The van der Waals surface area contributed by atoms with Gasteiger partial charge in [0.15, 0.2) is 12.2 Å². The summed E-state index contributed by atoms with van der Waals surface area (Å²) in [5.41, 5.74) is 0. The summed E-state index contributed by atoms with van der Waals surface area (Å²) < 4.78 is 33.7. The molecule has 0 amide bonds. The third-order valence-electron chi connectivity index (χ3n) is 7.70. The molecule has 1 rings (SSSR count). The van der Waals surface area contributed by atoms with E-state index in [1.807, 2.05) is 69.2 Å². The molecular formula is C35H60O11. The van der Waals surface area contributed by atoms with Gasteiger partial charge in [-0.05, 0) is 61.7 Å². The van der Waals surface area contributed by atoms with Gasteiger partial charge in [0.05, 0.1) is 39.0 Å². The first-order chi connectivity index (χ1) is 21.6. The molecule has 0 N–H and O–H groups in total. The van der Waals surface area contributed by atoms with Gasteiger partial charge in [-0.25, -0.2) is 9.59 Å². The highest BCUT2D eigenvalue weighted by molar-refractivity contribution is 5.95. The zero-order chi connectivity index (χ0) is 35.0. The Balaban J connectivity index is 3.70. The lowest BCUT2D eigenvalue weighted by atomic mass is 9.73. The Bertz CT molecular complexity index is 894. The van der Waals surface area contributed by atoms with Crippen LogP contribution in [0.4, 0.5) is 0 Å². The van der Waals surface area contributed by atoms with E-state index < -0.39 is 59.8 Å². The molecule has 266 valence electrons. The Kier molecular flexibility index (Phi) is 19.1. The highest BCUT2D eigenvalue weighted by Crippen LogP contribution is 2.40. The summed E-state index contributed by atoms with van der Waals surface area (Å²) >= 11 is 0. The molecule has 11 nitrogen and oxygen atoms in total. The van der Waals surface area contributed by atoms with Crippen LogP contribution in [0.25, 0.3) is 0 Å². The van der Waals surface area contributed by atoms with E-state index in [9.17, 15) is 24.0 Å². The van der Waals surface area contributed by atoms with Crippen LogP contribution >= 0.6 is 0 Å². The smallest absolute Gasteiger partial charge is 0.336 e. The van der Waals surface area contributed by atoms with Gasteiger partial charge in [0.1, 0.15) is 11.8 Å². The molecule has 1 heterocycles. The molecule has 4 unspecified atom stereocenters. The first kappa shape index (κ1) is 41.3. The monoisotopic (exact) mass is 656 g/mol. The second kappa shape index (κ2) is 21.2. The fraction of sp³-hybridized carbons (Fsp3) is 0.857. The van der Waals surface area contributed by atoms with E-state index in [1.54, 1.807) is 0 Å². The van der Waals surface area contributed by atoms with Crippen molar-refractivity contribution in [2.45, 2.75) is 114 Å². The van der Waals surface area contributed by atoms with Crippen LogP contribution < -0.4 is 0 Å². The van der Waals surface area contributed by atoms with Gasteiger partial charge in [-0.15, -0.1) is 0 Å². The number of esters is 5. The van der Waals surface area contributed by atoms with Gasteiger partial charge in [-0.2, -0.15) is 0 Å². The molecule has 1 aliphatic heterocycles. The van der Waals surface area contributed by atoms with E-state index in [-0.39, 0.29) is 62.6 Å². The topological polar surface area (TPSA) is 141 Å². The second-order valence-electron chi connectivity index (χ2n) is 14.3. The van der Waals surface area contributed by atoms with Crippen LogP contribution in [0.5, 0.6) is 0 Å².